The summed E-state index contributed by atoms with van der Waals surface area (Å²) in [5.41, 5.74) is 0.939. The highest BCUT2D eigenvalue weighted by Gasteiger charge is 2.36. The molecule has 3 heterocycles. The van der Waals surface area contributed by atoms with Crippen molar-refractivity contribution in [1.29, 1.82) is 0 Å². The number of carboxylic acid groups (broad SMARTS) is 1. The number of amides is 7. The summed E-state index contributed by atoms with van der Waals surface area (Å²) >= 11 is 0. The fraction of sp³-hybridized carbons (Fsp3) is 0.349. The molecular formula is C43H46N8O21S3. The van der Waals surface area contributed by atoms with Crippen molar-refractivity contribution in [1.82, 2.24) is 31.6 Å². The first-order valence-electron chi connectivity index (χ1n) is 22.1. The standard InChI is InChI=1S/C43H46N8O21S3/c52-34-9-11-44-23-2-5-26-32(17-23)71-33-18-24(3-6-27(33)39(26)25-4-1-22(15-28(25)43(60)61)16-38(56)72-51-36(54)7-8-37(51)55)45-12-10-35(53)48-30(20-74(65,66)67)41(58)50-31(21-75(68,69)70)42(59)49-29(19-73(62,63)64)40(57)47-14-13-46-34/h1-6,15,17-18,29-31,45H,7-14,16,19-21H2,(H,46,52)(H,47,57)(H,48,53)(H,49,59)(H,50,58)(H,60,61)(H,62,63,64)(H,65,66,67)(H,68,69,70). The van der Waals surface area contributed by atoms with Crippen molar-refractivity contribution in [2.24, 2.45) is 4.99 Å². The molecule has 3 unspecified atom stereocenters. The third kappa shape index (κ3) is 16.0. The zero-order chi connectivity index (χ0) is 55.0. The van der Waals surface area contributed by atoms with Gasteiger partial charge in [-0.25, -0.2) is 9.59 Å². The number of aromatic carboxylic acids is 1. The fourth-order valence-electron chi connectivity index (χ4n) is 7.63. The van der Waals surface area contributed by atoms with Gasteiger partial charge < -0.3 is 46.6 Å². The minimum absolute atomic E-state index is 0.112. The van der Waals surface area contributed by atoms with Gasteiger partial charge in [-0.1, -0.05) is 12.1 Å². The van der Waals surface area contributed by atoms with Crippen LogP contribution in [0.3, 0.4) is 0 Å². The van der Waals surface area contributed by atoms with E-state index < -0.39 is 138 Å². The summed E-state index contributed by atoms with van der Waals surface area (Å²) in [5, 5.41) is 24.7. The molecule has 3 aliphatic rings. The van der Waals surface area contributed by atoms with Gasteiger partial charge in [0.2, 0.25) is 29.5 Å². The predicted molar refractivity (Wildman–Crippen MR) is 253 cm³/mol. The smallest absolute Gasteiger partial charge is 0.337 e. The van der Waals surface area contributed by atoms with Crippen LogP contribution in [0.2, 0.25) is 0 Å². The number of ether oxygens (including phenoxy) is 1. The molecule has 0 radical (unpaired) electrons. The quantitative estimate of drug-likeness (QED) is 0.0506. The summed E-state index contributed by atoms with van der Waals surface area (Å²) < 4.78 is 106. The summed E-state index contributed by atoms with van der Waals surface area (Å²) in [7, 11) is -15.5. The Morgan fingerprint density at radius 3 is 1.83 bits per heavy atom. The number of carbonyl (C=O) groups is 9. The first-order chi connectivity index (χ1) is 35.1. The molecule has 1 fully saturated rings. The SMILES string of the molecule is O=C1CCN=c2ccc3c(c2)Oc2cc(ccc2C=3c2ccc(CC(=O)ON3C(=O)CCC3=O)cc2C(=O)O)NCCC(=O)NC(CS(=O)(=O)O)C(=O)NC(CS(=O)(=O)O)C(=O)NC(CS(=O)(=O)O)C(=O)NCCN1. The molecule has 10 N–H and O–H groups in total. The van der Waals surface area contributed by atoms with Gasteiger partial charge in [0, 0.05) is 86.0 Å². The van der Waals surface area contributed by atoms with Gasteiger partial charge >= 0.3 is 11.9 Å². The first-order valence-corrected chi connectivity index (χ1v) is 26.9. The van der Waals surface area contributed by atoms with Crippen molar-refractivity contribution in [2.45, 2.75) is 50.2 Å². The summed E-state index contributed by atoms with van der Waals surface area (Å²) in [6.45, 7) is -1.11. The molecule has 0 aliphatic carbocycles. The van der Waals surface area contributed by atoms with Crippen molar-refractivity contribution in [3.05, 3.63) is 87.4 Å². The number of hydrogen-bond acceptors (Lipinski definition) is 19. The van der Waals surface area contributed by atoms with E-state index in [-0.39, 0.29) is 72.8 Å². The Morgan fingerprint density at radius 1 is 0.627 bits per heavy atom. The van der Waals surface area contributed by atoms with Crippen molar-refractivity contribution in [3.63, 3.8) is 0 Å². The maximum absolute atomic E-state index is 13.4. The van der Waals surface area contributed by atoms with E-state index in [1.54, 1.807) is 23.5 Å². The largest absolute Gasteiger partial charge is 0.478 e. The monoisotopic (exact) mass is 1110 g/mol. The molecule has 7 amide bonds. The Hall–Kier alpha value is -7.91. The summed E-state index contributed by atoms with van der Waals surface area (Å²) in [4.78, 5) is 125. The lowest BCUT2D eigenvalue weighted by atomic mass is 9.88. The van der Waals surface area contributed by atoms with E-state index in [1.165, 1.54) is 36.4 Å². The number of carboxylic acids is 1. The Morgan fingerprint density at radius 2 is 1.21 bits per heavy atom. The van der Waals surface area contributed by atoms with Gasteiger partial charge in [-0.3, -0.25) is 52.2 Å². The van der Waals surface area contributed by atoms with Gasteiger partial charge in [-0.2, -0.15) is 25.3 Å². The molecule has 75 heavy (non-hydrogen) atoms. The number of fused-ring (bicyclic) bond motifs is 2. The Bertz CT molecular complexity index is 3340. The highest BCUT2D eigenvalue weighted by atomic mass is 32.2. The molecule has 0 spiro atoms. The van der Waals surface area contributed by atoms with E-state index in [0.29, 0.717) is 26.8 Å². The summed E-state index contributed by atoms with van der Waals surface area (Å²) in [5.74, 6) is -14.6. The third-order valence-electron chi connectivity index (χ3n) is 10.9. The minimum atomic E-state index is -5.23. The van der Waals surface area contributed by atoms with Crippen molar-refractivity contribution in [2.75, 3.05) is 48.8 Å². The maximum Gasteiger partial charge on any atom is 0.337 e. The molecular weight excluding hydrogens is 1060 g/mol. The van der Waals surface area contributed by atoms with Crippen LogP contribution < -0.4 is 47.2 Å². The molecule has 32 heteroatoms. The lowest BCUT2D eigenvalue weighted by molar-refractivity contribution is -0.197. The number of nitrogens with one attached hydrogen (secondary N) is 6. The van der Waals surface area contributed by atoms with Gasteiger partial charge in [0.25, 0.3) is 42.2 Å². The maximum atomic E-state index is 13.4. The van der Waals surface area contributed by atoms with E-state index >= 15 is 0 Å². The average molecular weight is 1110 g/mol. The second-order valence-corrected chi connectivity index (χ2v) is 21.2. The topological polar surface area (TPSA) is 443 Å². The number of hydrogen-bond donors (Lipinski definition) is 10. The number of imide groups is 1. The summed E-state index contributed by atoms with van der Waals surface area (Å²) in [6, 6.07) is 6.35. The van der Waals surface area contributed by atoms with Gasteiger partial charge in [0.1, 0.15) is 46.9 Å². The Kier molecular flexibility index (Phi) is 17.7. The van der Waals surface area contributed by atoms with E-state index in [9.17, 15) is 87.2 Å². The van der Waals surface area contributed by atoms with Gasteiger partial charge in [-0.15, -0.1) is 5.06 Å². The Balaban J connectivity index is 1.34. The first kappa shape index (κ1) is 56.4. The van der Waals surface area contributed by atoms with Crippen molar-refractivity contribution in [3.8, 4) is 11.5 Å². The number of rotatable bonds is 11. The van der Waals surface area contributed by atoms with E-state index in [2.05, 4.69) is 20.9 Å². The minimum Gasteiger partial charge on any atom is -0.478 e. The molecule has 0 aromatic heterocycles. The van der Waals surface area contributed by atoms with E-state index in [0.717, 1.165) is 0 Å². The highest BCUT2D eigenvalue weighted by Crippen LogP contribution is 2.39. The van der Waals surface area contributed by atoms with Crippen molar-refractivity contribution < 1.29 is 96.7 Å². The Labute approximate surface area is 424 Å². The number of benzene rings is 3. The number of anilines is 1. The molecule has 402 valence electrons. The van der Waals surface area contributed by atoms with E-state index in [4.69, 9.17) is 9.57 Å². The van der Waals surface area contributed by atoms with Crippen LogP contribution >= 0.6 is 0 Å². The second kappa shape index (κ2) is 23.5. The number of carbonyl (C=O) groups excluding carboxylic acids is 8. The van der Waals surface area contributed by atoms with Crippen LogP contribution in [0.25, 0.3) is 5.57 Å². The van der Waals surface area contributed by atoms with Gasteiger partial charge in [0.15, 0.2) is 0 Å². The van der Waals surface area contributed by atoms with Crippen molar-refractivity contribution >= 4 is 94.9 Å². The normalized spacial score (nSPS) is 19.7. The lowest BCUT2D eigenvalue weighted by Gasteiger charge is -2.24. The fourth-order valence-corrected chi connectivity index (χ4v) is 9.60. The van der Waals surface area contributed by atoms with Crippen LogP contribution in [0, 0.1) is 0 Å². The molecule has 6 rings (SSSR count). The zero-order valence-corrected chi connectivity index (χ0v) is 41.2. The predicted octanol–water partition coefficient (Wildman–Crippen LogP) is -3.94. The molecule has 1 saturated heterocycles. The molecule has 3 aromatic rings. The molecule has 3 aromatic carbocycles. The van der Waals surface area contributed by atoms with Gasteiger partial charge in [0.05, 0.1) is 17.3 Å². The van der Waals surface area contributed by atoms with Crippen LogP contribution in [-0.2, 0) is 80.0 Å². The average Bonchev–Trinajstić information content (AvgIpc) is 3.61. The number of hydroxylamine groups is 2. The molecule has 4 bridgehead atoms. The third-order valence-corrected chi connectivity index (χ3v) is 13.2. The van der Waals surface area contributed by atoms with Crippen LogP contribution in [0.5, 0.6) is 11.5 Å². The van der Waals surface area contributed by atoms with Gasteiger partial charge in [-0.05, 0) is 41.5 Å². The van der Waals surface area contributed by atoms with E-state index in [1.807, 2.05) is 10.6 Å². The van der Waals surface area contributed by atoms with Crippen LogP contribution in [0.15, 0.2) is 59.6 Å². The second-order valence-electron chi connectivity index (χ2n) is 16.7. The van der Waals surface area contributed by atoms with Crippen LogP contribution in [-0.4, -0.2) is 164 Å². The summed E-state index contributed by atoms with van der Waals surface area (Å²) in [6.07, 6.45) is -1.59. The lowest BCUT2D eigenvalue weighted by Crippen LogP contribution is -2.60. The highest BCUT2D eigenvalue weighted by molar-refractivity contribution is 7.86. The number of nitrogens with zero attached hydrogens (tertiary/aromatic N) is 2. The molecule has 29 nitrogen and oxygen atoms in total. The van der Waals surface area contributed by atoms with Crippen LogP contribution in [0.4, 0.5) is 5.69 Å². The molecule has 0 saturated carbocycles. The molecule has 3 aliphatic heterocycles. The molecule has 3 atom stereocenters. The zero-order valence-electron chi connectivity index (χ0n) is 38.8. The van der Waals surface area contributed by atoms with Crippen LogP contribution in [0.1, 0.15) is 52.7 Å².